The van der Waals surface area contributed by atoms with Crippen molar-refractivity contribution in [2.75, 3.05) is 26.2 Å². The molecular weight excluding hydrogens is 338 g/mol. The number of hydrogen-bond donors (Lipinski definition) is 2. The predicted molar refractivity (Wildman–Crippen MR) is 106 cm³/mol. The van der Waals surface area contributed by atoms with E-state index in [1.54, 1.807) is 0 Å². The summed E-state index contributed by atoms with van der Waals surface area (Å²) in [7, 11) is 0. The number of aromatic amines is 1. The lowest BCUT2D eigenvalue weighted by atomic mass is 10.1. The van der Waals surface area contributed by atoms with Gasteiger partial charge in [-0.1, -0.05) is 48.5 Å². The normalized spacial score (nSPS) is 17.9. The smallest absolute Gasteiger partial charge is 0.224 e. The van der Waals surface area contributed by atoms with E-state index in [4.69, 9.17) is 4.74 Å². The molecule has 0 unspecified atom stereocenters. The van der Waals surface area contributed by atoms with E-state index in [-0.39, 0.29) is 12.0 Å². The minimum Gasteiger partial charge on any atom is -0.374 e. The van der Waals surface area contributed by atoms with Crippen molar-refractivity contribution in [3.63, 3.8) is 0 Å². The van der Waals surface area contributed by atoms with Crippen LogP contribution in [0.15, 0.2) is 60.8 Å². The monoisotopic (exact) mass is 363 g/mol. The summed E-state index contributed by atoms with van der Waals surface area (Å²) < 4.78 is 5.84. The predicted octanol–water partition coefficient (Wildman–Crippen LogP) is 2.73. The second kappa shape index (κ2) is 8.37. The Bertz CT molecular complexity index is 891. The number of benzene rings is 2. The van der Waals surface area contributed by atoms with Crippen molar-refractivity contribution in [1.29, 1.82) is 0 Å². The molecule has 5 heteroatoms. The van der Waals surface area contributed by atoms with Crippen LogP contribution >= 0.6 is 0 Å². The quantitative estimate of drug-likeness (QED) is 0.708. The van der Waals surface area contributed by atoms with Gasteiger partial charge in [-0.3, -0.25) is 9.69 Å². The van der Waals surface area contributed by atoms with Crippen molar-refractivity contribution < 1.29 is 9.53 Å². The van der Waals surface area contributed by atoms with Crippen molar-refractivity contribution in [2.24, 2.45) is 0 Å². The zero-order chi connectivity index (χ0) is 18.5. The number of aromatic nitrogens is 1. The molecule has 1 aliphatic heterocycles. The number of amides is 1. The zero-order valence-electron chi connectivity index (χ0n) is 15.4. The average Bonchev–Trinajstić information content (AvgIpc) is 3.10. The summed E-state index contributed by atoms with van der Waals surface area (Å²) in [4.78, 5) is 18.0. The molecule has 3 aromatic rings. The van der Waals surface area contributed by atoms with E-state index in [9.17, 15) is 4.79 Å². The van der Waals surface area contributed by atoms with Crippen LogP contribution in [-0.2, 0) is 22.5 Å². The van der Waals surface area contributed by atoms with Crippen LogP contribution in [0.5, 0.6) is 0 Å². The van der Waals surface area contributed by atoms with Crippen LogP contribution in [0.25, 0.3) is 10.9 Å². The first-order valence-electron chi connectivity index (χ1n) is 9.47. The zero-order valence-corrected chi connectivity index (χ0v) is 15.4. The fraction of sp³-hybridized carbons (Fsp3) is 0.318. The molecule has 5 nitrogen and oxygen atoms in total. The number of H-pyrrole nitrogens is 1. The van der Waals surface area contributed by atoms with Crippen LogP contribution in [0.3, 0.4) is 0 Å². The molecule has 1 fully saturated rings. The van der Waals surface area contributed by atoms with E-state index in [1.807, 2.05) is 36.5 Å². The molecule has 1 amide bonds. The average molecular weight is 363 g/mol. The Kier molecular flexibility index (Phi) is 5.51. The molecule has 2 N–H and O–H groups in total. The number of morpholine rings is 1. The molecule has 1 atom stereocenters. The lowest BCUT2D eigenvalue weighted by Crippen LogP contribution is -2.47. The number of nitrogens with one attached hydrogen (secondary N) is 2. The summed E-state index contributed by atoms with van der Waals surface area (Å²) in [6.07, 6.45) is 2.34. The van der Waals surface area contributed by atoms with Crippen LogP contribution in [0, 0.1) is 0 Å². The highest BCUT2D eigenvalue weighted by atomic mass is 16.5. The summed E-state index contributed by atoms with van der Waals surface area (Å²) in [5.74, 6) is 0.0311. The first kappa shape index (κ1) is 17.8. The third-order valence-corrected chi connectivity index (χ3v) is 5.02. The lowest BCUT2D eigenvalue weighted by molar-refractivity contribution is -0.121. The number of para-hydroxylation sites is 1. The highest BCUT2D eigenvalue weighted by molar-refractivity contribution is 5.88. The SMILES string of the molecule is O=C(Cc1c[nH]c2ccccc12)NC[C@H]1CN(Cc2ccccc2)CCO1. The largest absolute Gasteiger partial charge is 0.374 e. The number of carbonyl (C=O) groups excluding carboxylic acids is 1. The second-order valence-corrected chi connectivity index (χ2v) is 7.05. The van der Waals surface area contributed by atoms with Crippen LogP contribution in [0.4, 0.5) is 0 Å². The van der Waals surface area contributed by atoms with E-state index in [2.05, 4.69) is 39.5 Å². The van der Waals surface area contributed by atoms with E-state index < -0.39 is 0 Å². The Morgan fingerprint density at radius 2 is 1.96 bits per heavy atom. The summed E-state index contributed by atoms with van der Waals surface area (Å²) in [6, 6.07) is 18.5. The number of fused-ring (bicyclic) bond motifs is 1. The van der Waals surface area contributed by atoms with Crippen molar-refractivity contribution in [2.45, 2.75) is 19.1 Å². The molecule has 1 aliphatic rings. The topological polar surface area (TPSA) is 57.4 Å². The molecular formula is C22H25N3O2. The van der Waals surface area contributed by atoms with E-state index in [0.717, 1.165) is 36.1 Å². The maximum Gasteiger partial charge on any atom is 0.224 e. The summed E-state index contributed by atoms with van der Waals surface area (Å²) in [6.45, 7) is 3.93. The minimum absolute atomic E-state index is 0.0311. The van der Waals surface area contributed by atoms with Gasteiger partial charge in [0.1, 0.15) is 0 Å². The van der Waals surface area contributed by atoms with Crippen LogP contribution < -0.4 is 5.32 Å². The van der Waals surface area contributed by atoms with Gasteiger partial charge in [-0.15, -0.1) is 0 Å². The summed E-state index contributed by atoms with van der Waals surface area (Å²) >= 11 is 0. The van der Waals surface area contributed by atoms with Gasteiger partial charge in [0.2, 0.25) is 5.91 Å². The molecule has 0 aliphatic carbocycles. The second-order valence-electron chi connectivity index (χ2n) is 7.05. The highest BCUT2D eigenvalue weighted by Gasteiger charge is 2.21. The number of carbonyl (C=O) groups is 1. The third-order valence-electron chi connectivity index (χ3n) is 5.02. The van der Waals surface area contributed by atoms with Gasteiger partial charge in [0.25, 0.3) is 0 Å². The van der Waals surface area contributed by atoms with Crippen LogP contribution in [-0.4, -0.2) is 48.1 Å². The van der Waals surface area contributed by atoms with Gasteiger partial charge in [0.05, 0.1) is 19.1 Å². The van der Waals surface area contributed by atoms with Gasteiger partial charge in [-0.2, -0.15) is 0 Å². The Balaban J connectivity index is 1.27. The highest BCUT2D eigenvalue weighted by Crippen LogP contribution is 2.18. The molecule has 2 aromatic carbocycles. The lowest BCUT2D eigenvalue weighted by Gasteiger charge is -2.33. The number of ether oxygens (including phenoxy) is 1. The van der Waals surface area contributed by atoms with Crippen molar-refractivity contribution in [1.82, 2.24) is 15.2 Å². The molecule has 4 rings (SSSR count). The molecule has 1 aromatic heterocycles. The molecule has 27 heavy (non-hydrogen) atoms. The first-order valence-corrected chi connectivity index (χ1v) is 9.47. The van der Waals surface area contributed by atoms with Gasteiger partial charge in [-0.05, 0) is 17.2 Å². The fourth-order valence-corrected chi connectivity index (χ4v) is 3.63. The van der Waals surface area contributed by atoms with Gasteiger partial charge in [0, 0.05) is 43.3 Å². The van der Waals surface area contributed by atoms with Crippen LogP contribution in [0.1, 0.15) is 11.1 Å². The molecule has 1 saturated heterocycles. The third kappa shape index (κ3) is 4.56. The summed E-state index contributed by atoms with van der Waals surface area (Å²) in [5, 5.41) is 4.14. The Labute approximate surface area is 159 Å². The van der Waals surface area contributed by atoms with Gasteiger partial charge in [-0.25, -0.2) is 0 Å². The van der Waals surface area contributed by atoms with Gasteiger partial charge >= 0.3 is 0 Å². The maximum atomic E-state index is 12.4. The number of rotatable bonds is 6. The van der Waals surface area contributed by atoms with Crippen molar-refractivity contribution in [3.8, 4) is 0 Å². The summed E-state index contributed by atoms with van der Waals surface area (Å²) in [5.41, 5.74) is 3.40. The van der Waals surface area contributed by atoms with Crippen molar-refractivity contribution in [3.05, 3.63) is 71.9 Å². The minimum atomic E-state index is 0.0311. The first-order chi connectivity index (χ1) is 13.3. The van der Waals surface area contributed by atoms with E-state index >= 15 is 0 Å². The maximum absolute atomic E-state index is 12.4. The standard InChI is InChI=1S/C22H25N3O2/c26-22(12-18-13-23-21-9-5-4-8-20(18)21)24-14-19-16-25(10-11-27-19)15-17-6-2-1-3-7-17/h1-9,13,19,23H,10-12,14-16H2,(H,24,26)/t19-/m0/s1. The molecule has 0 saturated carbocycles. The number of nitrogens with zero attached hydrogens (tertiary/aromatic N) is 1. The van der Waals surface area contributed by atoms with Crippen LogP contribution in [0.2, 0.25) is 0 Å². The molecule has 2 heterocycles. The molecule has 0 radical (unpaired) electrons. The van der Waals surface area contributed by atoms with Crippen molar-refractivity contribution >= 4 is 16.8 Å². The van der Waals surface area contributed by atoms with E-state index in [0.29, 0.717) is 19.6 Å². The van der Waals surface area contributed by atoms with E-state index in [1.165, 1.54) is 5.56 Å². The van der Waals surface area contributed by atoms with Gasteiger partial charge < -0.3 is 15.0 Å². The Hall–Kier alpha value is -2.63. The molecule has 0 spiro atoms. The van der Waals surface area contributed by atoms with Gasteiger partial charge in [0.15, 0.2) is 0 Å². The number of hydrogen-bond acceptors (Lipinski definition) is 3. The molecule has 140 valence electrons. The Morgan fingerprint density at radius 3 is 2.85 bits per heavy atom. The molecule has 0 bridgehead atoms. The Morgan fingerprint density at radius 1 is 1.15 bits per heavy atom. The fourth-order valence-electron chi connectivity index (χ4n) is 3.63.